The van der Waals surface area contributed by atoms with Crippen LogP contribution in [0.5, 0.6) is 0 Å². The van der Waals surface area contributed by atoms with Crippen molar-refractivity contribution in [1.29, 1.82) is 0 Å². The molecule has 0 unspecified atom stereocenters. The van der Waals surface area contributed by atoms with Crippen molar-refractivity contribution in [2.24, 2.45) is 10.8 Å². The molecule has 0 aromatic heterocycles. The van der Waals surface area contributed by atoms with Gasteiger partial charge in [0.2, 0.25) is 0 Å². The monoisotopic (exact) mass is 245 g/mol. The first-order chi connectivity index (χ1) is 8.72. The van der Waals surface area contributed by atoms with Crippen LogP contribution in [0.25, 0.3) is 0 Å². The molecule has 0 aliphatic rings. The maximum atomic E-state index is 10.5. The number of carbonyl (C=O) groups excluding carboxylic acids is 1. The minimum Gasteiger partial charge on any atom is -0.350 e. The lowest BCUT2D eigenvalue weighted by Crippen LogP contribution is -2.25. The minimum absolute atomic E-state index is 0.630. The SMILES string of the molecule is CC/C(C/C=C/Cc1ccccc1)=N/NC(N)=O. The summed E-state index contributed by atoms with van der Waals surface area (Å²) >= 11 is 0. The van der Waals surface area contributed by atoms with Crippen molar-refractivity contribution in [1.82, 2.24) is 5.43 Å². The predicted molar refractivity (Wildman–Crippen MR) is 74.3 cm³/mol. The van der Waals surface area contributed by atoms with Crippen LogP contribution in [0, 0.1) is 0 Å². The number of primary amides is 1. The first-order valence-corrected chi connectivity index (χ1v) is 6.02. The zero-order valence-corrected chi connectivity index (χ0v) is 10.6. The van der Waals surface area contributed by atoms with Crippen LogP contribution in [-0.2, 0) is 6.42 Å². The molecule has 4 heteroatoms. The summed E-state index contributed by atoms with van der Waals surface area (Å²) in [6.45, 7) is 1.99. The van der Waals surface area contributed by atoms with Gasteiger partial charge in [0.25, 0.3) is 0 Å². The number of nitrogens with two attached hydrogens (primary N) is 1. The van der Waals surface area contributed by atoms with Gasteiger partial charge >= 0.3 is 6.03 Å². The van der Waals surface area contributed by atoms with E-state index in [4.69, 9.17) is 5.73 Å². The fraction of sp³-hybridized carbons (Fsp3) is 0.286. The predicted octanol–water partition coefficient (Wildman–Crippen LogP) is 2.61. The molecular formula is C14H19N3O. The summed E-state index contributed by atoms with van der Waals surface area (Å²) in [5, 5.41) is 3.93. The zero-order valence-electron chi connectivity index (χ0n) is 10.6. The molecule has 4 nitrogen and oxygen atoms in total. The van der Waals surface area contributed by atoms with Crippen LogP contribution < -0.4 is 11.2 Å². The van der Waals surface area contributed by atoms with Gasteiger partial charge in [0.15, 0.2) is 0 Å². The molecular weight excluding hydrogens is 226 g/mol. The van der Waals surface area contributed by atoms with Crippen LogP contribution in [-0.4, -0.2) is 11.7 Å². The van der Waals surface area contributed by atoms with Crippen LogP contribution in [0.15, 0.2) is 47.6 Å². The van der Waals surface area contributed by atoms with Crippen molar-refractivity contribution in [2.75, 3.05) is 0 Å². The number of hydrazone groups is 1. The van der Waals surface area contributed by atoms with Gasteiger partial charge in [-0.15, -0.1) is 0 Å². The van der Waals surface area contributed by atoms with Gasteiger partial charge in [0, 0.05) is 12.1 Å². The molecule has 0 aliphatic heterocycles. The highest BCUT2D eigenvalue weighted by molar-refractivity contribution is 5.86. The second kappa shape index (κ2) is 8.06. The Labute approximate surface area is 108 Å². The summed E-state index contributed by atoms with van der Waals surface area (Å²) in [6, 6.07) is 9.61. The molecule has 1 aromatic carbocycles. The quantitative estimate of drug-likeness (QED) is 0.451. The van der Waals surface area contributed by atoms with E-state index in [-0.39, 0.29) is 0 Å². The average molecular weight is 245 g/mol. The van der Waals surface area contributed by atoms with E-state index in [1.165, 1.54) is 5.56 Å². The molecule has 0 fully saturated rings. The van der Waals surface area contributed by atoms with Gasteiger partial charge in [-0.3, -0.25) is 0 Å². The van der Waals surface area contributed by atoms with E-state index >= 15 is 0 Å². The van der Waals surface area contributed by atoms with Gasteiger partial charge in [-0.25, -0.2) is 10.2 Å². The van der Waals surface area contributed by atoms with Crippen LogP contribution in [0.2, 0.25) is 0 Å². The van der Waals surface area contributed by atoms with Gasteiger partial charge in [0.05, 0.1) is 0 Å². The molecule has 2 amide bonds. The Morgan fingerprint density at radius 3 is 2.67 bits per heavy atom. The van der Waals surface area contributed by atoms with Crippen molar-refractivity contribution >= 4 is 11.7 Å². The van der Waals surface area contributed by atoms with Crippen LogP contribution in [0.3, 0.4) is 0 Å². The number of hydrogen-bond acceptors (Lipinski definition) is 2. The van der Waals surface area contributed by atoms with Gasteiger partial charge in [-0.2, -0.15) is 5.10 Å². The fourth-order valence-electron chi connectivity index (χ4n) is 1.46. The molecule has 0 atom stereocenters. The van der Waals surface area contributed by atoms with E-state index in [0.717, 1.165) is 25.0 Å². The number of benzene rings is 1. The number of urea groups is 1. The highest BCUT2D eigenvalue weighted by atomic mass is 16.2. The zero-order chi connectivity index (χ0) is 13.2. The summed E-state index contributed by atoms with van der Waals surface area (Å²) < 4.78 is 0. The van der Waals surface area contributed by atoms with Crippen molar-refractivity contribution in [3.8, 4) is 0 Å². The number of amides is 2. The lowest BCUT2D eigenvalue weighted by Gasteiger charge is -2.00. The normalized spacial score (nSPS) is 11.7. The van der Waals surface area contributed by atoms with E-state index in [2.05, 4.69) is 34.8 Å². The number of allylic oxidation sites excluding steroid dienone is 2. The lowest BCUT2D eigenvalue weighted by atomic mass is 10.1. The maximum absolute atomic E-state index is 10.5. The van der Waals surface area contributed by atoms with Gasteiger partial charge < -0.3 is 5.73 Å². The van der Waals surface area contributed by atoms with Gasteiger partial charge in [0.1, 0.15) is 0 Å². The Morgan fingerprint density at radius 1 is 1.33 bits per heavy atom. The Bertz CT molecular complexity index is 424. The number of carbonyl (C=O) groups is 1. The van der Waals surface area contributed by atoms with E-state index in [0.29, 0.717) is 0 Å². The minimum atomic E-state index is -0.630. The molecule has 18 heavy (non-hydrogen) atoms. The number of rotatable bonds is 6. The van der Waals surface area contributed by atoms with Crippen LogP contribution >= 0.6 is 0 Å². The molecule has 0 bridgehead atoms. The van der Waals surface area contributed by atoms with Crippen LogP contribution in [0.1, 0.15) is 25.3 Å². The molecule has 0 radical (unpaired) electrons. The van der Waals surface area contributed by atoms with Crippen LogP contribution in [0.4, 0.5) is 4.79 Å². The Kier molecular flexibility index (Phi) is 6.25. The third-order valence-electron chi connectivity index (χ3n) is 2.45. The molecule has 0 saturated carbocycles. The Hall–Kier alpha value is -2.10. The number of nitrogens with one attached hydrogen (secondary N) is 1. The lowest BCUT2D eigenvalue weighted by molar-refractivity contribution is 0.249. The average Bonchev–Trinajstić information content (AvgIpc) is 2.39. The summed E-state index contributed by atoms with van der Waals surface area (Å²) in [6.07, 6.45) is 6.57. The number of hydrogen-bond donors (Lipinski definition) is 2. The van der Waals surface area contributed by atoms with E-state index in [1.807, 2.05) is 25.1 Å². The smallest absolute Gasteiger partial charge is 0.332 e. The first-order valence-electron chi connectivity index (χ1n) is 6.02. The third-order valence-corrected chi connectivity index (χ3v) is 2.45. The van der Waals surface area contributed by atoms with Crippen molar-refractivity contribution < 1.29 is 4.79 Å². The summed E-state index contributed by atoms with van der Waals surface area (Å²) in [5.74, 6) is 0. The number of nitrogens with zero attached hydrogens (tertiary/aromatic N) is 1. The maximum Gasteiger partial charge on any atom is 0.332 e. The largest absolute Gasteiger partial charge is 0.350 e. The standard InChI is InChI=1S/C14H19N3O/c1-2-13(16-17-14(15)18)11-7-6-10-12-8-4-3-5-9-12/h3-9H,2,10-11H2,1H3,(H3,15,17,18)/b7-6+,16-13-. The highest BCUT2D eigenvalue weighted by Gasteiger charge is 1.94. The molecule has 3 N–H and O–H groups in total. The summed E-state index contributed by atoms with van der Waals surface area (Å²) in [4.78, 5) is 10.5. The second-order valence-electron chi connectivity index (χ2n) is 3.87. The molecule has 0 saturated heterocycles. The molecule has 96 valence electrons. The Morgan fingerprint density at radius 2 is 2.06 bits per heavy atom. The van der Waals surface area contributed by atoms with E-state index in [9.17, 15) is 4.79 Å². The van der Waals surface area contributed by atoms with Gasteiger partial charge in [-0.1, -0.05) is 49.4 Å². The molecule has 0 heterocycles. The molecule has 0 spiro atoms. The van der Waals surface area contributed by atoms with Crippen molar-refractivity contribution in [3.63, 3.8) is 0 Å². The summed E-state index contributed by atoms with van der Waals surface area (Å²) in [5.41, 5.74) is 9.38. The fourth-order valence-corrected chi connectivity index (χ4v) is 1.46. The topological polar surface area (TPSA) is 67.5 Å². The van der Waals surface area contributed by atoms with Crippen molar-refractivity contribution in [2.45, 2.75) is 26.2 Å². The van der Waals surface area contributed by atoms with Crippen molar-refractivity contribution in [3.05, 3.63) is 48.0 Å². The highest BCUT2D eigenvalue weighted by Crippen LogP contribution is 2.01. The molecule has 1 aromatic rings. The first kappa shape index (κ1) is 14.0. The van der Waals surface area contributed by atoms with Gasteiger partial charge in [-0.05, 0) is 18.4 Å². The summed E-state index contributed by atoms with van der Waals surface area (Å²) in [7, 11) is 0. The Balaban J connectivity index is 2.38. The van der Waals surface area contributed by atoms with E-state index < -0.39 is 6.03 Å². The third kappa shape index (κ3) is 5.84. The molecule has 1 rings (SSSR count). The van der Waals surface area contributed by atoms with E-state index in [1.54, 1.807) is 0 Å². The second-order valence-corrected chi connectivity index (χ2v) is 3.87. The molecule has 0 aliphatic carbocycles.